The van der Waals surface area contributed by atoms with Gasteiger partial charge in [-0.2, -0.15) is 0 Å². The number of nitrogens with zero attached hydrogens (tertiary/aromatic N) is 1. The fraction of sp³-hybridized carbons (Fsp3) is 0.333. The van der Waals surface area contributed by atoms with Crippen LogP contribution in [0.25, 0.3) is 0 Å². The van der Waals surface area contributed by atoms with E-state index in [-0.39, 0.29) is 0 Å². The number of carbonyl (C=O) groups excluding carboxylic acids is 1. The molecular formula is C3H5IN2OS. The Kier molecular flexibility index (Phi) is 5.21. The van der Waals surface area contributed by atoms with E-state index in [4.69, 9.17) is 5.26 Å². The van der Waals surface area contributed by atoms with Crippen molar-refractivity contribution >= 4 is 34.1 Å². The van der Waals surface area contributed by atoms with Gasteiger partial charge in [-0.05, 0) is 0 Å². The average Bonchev–Trinajstić information content (AvgIpc) is 1.68. The van der Waals surface area contributed by atoms with Gasteiger partial charge in [-0.1, -0.05) is 0 Å². The minimum atomic E-state index is -1.41. The molecule has 0 radical (unpaired) electrons. The van der Waals surface area contributed by atoms with Crippen LogP contribution in [0.1, 0.15) is 0 Å². The van der Waals surface area contributed by atoms with Crippen LogP contribution in [0.4, 0.5) is 0 Å². The number of hydrogen-bond donors (Lipinski definition) is 1. The first-order valence-corrected chi connectivity index (χ1v) is 8.27. The molecule has 0 aromatic carbocycles. The number of nitriles is 1. The van der Waals surface area contributed by atoms with E-state index < -0.39 is 18.7 Å². The minimum absolute atomic E-state index is 0.648. The Labute approximate surface area is 58.0 Å². The molecule has 46 valence electrons. The summed E-state index contributed by atoms with van der Waals surface area (Å²) < 4.78 is 2.56. The number of nitrogens with one attached hydrogen (secondary N) is 1. The van der Waals surface area contributed by atoms with Gasteiger partial charge in [0.05, 0.1) is 0 Å². The van der Waals surface area contributed by atoms with Crippen LogP contribution in [0, 0.1) is 10.7 Å². The monoisotopic (exact) mass is 244 g/mol. The summed E-state index contributed by atoms with van der Waals surface area (Å²) in [5, 5.41) is 9.98. The third-order valence-electron chi connectivity index (χ3n) is 0.348. The van der Waals surface area contributed by atoms with Gasteiger partial charge in [-0.25, -0.2) is 0 Å². The Morgan fingerprint density at radius 1 is 2.00 bits per heavy atom. The third-order valence-corrected chi connectivity index (χ3v) is 4.95. The van der Waals surface area contributed by atoms with E-state index in [2.05, 4.69) is 3.53 Å². The van der Waals surface area contributed by atoms with E-state index in [1.54, 1.807) is 0 Å². The fourth-order valence-corrected chi connectivity index (χ4v) is 2.15. The van der Waals surface area contributed by atoms with Crippen LogP contribution in [0.5, 0.6) is 0 Å². The molecule has 0 aromatic heterocycles. The van der Waals surface area contributed by atoms with Crippen LogP contribution in [0.3, 0.4) is 0 Å². The van der Waals surface area contributed by atoms with Gasteiger partial charge in [-0.3, -0.25) is 0 Å². The second-order valence-electron chi connectivity index (χ2n) is 0.816. The van der Waals surface area contributed by atoms with Crippen LogP contribution in [-0.2, 0) is 4.79 Å². The van der Waals surface area contributed by atoms with Gasteiger partial charge in [0.15, 0.2) is 0 Å². The van der Waals surface area contributed by atoms with Gasteiger partial charge in [0, 0.05) is 0 Å². The predicted octanol–water partition coefficient (Wildman–Crippen LogP) is 0.913. The number of halogens is 1. The number of amides is 1. The van der Waals surface area contributed by atoms with Crippen LogP contribution in [0.2, 0.25) is 0 Å². The molecule has 1 N–H and O–H groups in total. The maximum absolute atomic E-state index is 9.70. The van der Waals surface area contributed by atoms with Crippen molar-refractivity contribution in [2.45, 2.75) is 0 Å². The molecule has 5 heteroatoms. The van der Waals surface area contributed by atoms with Crippen LogP contribution < -0.4 is 3.53 Å². The second-order valence-corrected chi connectivity index (χ2v) is 8.60. The molecule has 0 saturated heterocycles. The molecule has 0 aliphatic heterocycles. The summed E-state index contributed by atoms with van der Waals surface area (Å²) in [7, 11) is 1.18. The quantitative estimate of drug-likeness (QED) is 0.264. The summed E-state index contributed by atoms with van der Waals surface area (Å²) in [6, 6.07) is 0. The van der Waals surface area contributed by atoms with Crippen molar-refractivity contribution in [3.8, 4) is 5.40 Å². The number of carbonyl (C=O) groups is 1. The number of alkyl halides is 1. The summed E-state index contributed by atoms with van der Waals surface area (Å²) in [6.45, 7) is 0. The predicted molar refractivity (Wildman–Crippen MR) is 42.3 cm³/mol. The van der Waals surface area contributed by atoms with E-state index in [0.717, 1.165) is 0 Å². The molecule has 0 saturated carbocycles. The second kappa shape index (κ2) is 5.18. The zero-order valence-electron chi connectivity index (χ0n) is 4.22. The zero-order valence-corrected chi connectivity index (χ0v) is 7.19. The van der Waals surface area contributed by atoms with E-state index in [9.17, 15) is 4.79 Å². The normalized spacial score (nSPS) is 9.25. The fourth-order valence-electron chi connectivity index (χ4n) is 0.137. The van der Waals surface area contributed by atoms with E-state index in [1.807, 2.05) is 10.3 Å². The van der Waals surface area contributed by atoms with Crippen molar-refractivity contribution in [1.82, 2.24) is 3.53 Å². The number of hydrogen-bond acceptors (Lipinski definition) is 3. The number of rotatable bonds is 3. The first kappa shape index (κ1) is 8.04. The summed E-state index contributed by atoms with van der Waals surface area (Å²) in [4.78, 5) is 11.6. The van der Waals surface area contributed by atoms with E-state index in [1.165, 1.54) is 8.93 Å². The first-order chi connectivity index (χ1) is 3.81. The summed E-state index contributed by atoms with van der Waals surface area (Å²) in [5.74, 6) is 0. The van der Waals surface area contributed by atoms with Crippen molar-refractivity contribution in [2.75, 3.05) is 4.93 Å². The SMILES string of the molecule is CI(NC=O)SC#N. The van der Waals surface area contributed by atoms with Crippen LogP contribution in [0.15, 0.2) is 0 Å². The average molecular weight is 244 g/mol. The van der Waals surface area contributed by atoms with Crippen molar-refractivity contribution in [3.63, 3.8) is 0 Å². The Balaban J connectivity index is 3.20. The van der Waals surface area contributed by atoms with Crippen LogP contribution >= 0.6 is 27.6 Å². The van der Waals surface area contributed by atoms with E-state index >= 15 is 0 Å². The van der Waals surface area contributed by atoms with Gasteiger partial charge in [0.1, 0.15) is 0 Å². The molecule has 8 heavy (non-hydrogen) atoms. The van der Waals surface area contributed by atoms with E-state index in [0.29, 0.717) is 6.41 Å². The van der Waals surface area contributed by atoms with Crippen molar-refractivity contribution in [1.29, 1.82) is 5.26 Å². The summed E-state index contributed by atoms with van der Waals surface area (Å²) in [6.07, 6.45) is 0.648. The molecule has 0 aromatic rings. The standard InChI is InChI=1S/C3H5IN2OS/c1-4(6-3-7)8-2-5/h3H,1H3,(H,6,7). The Morgan fingerprint density at radius 2 is 2.62 bits per heavy atom. The topological polar surface area (TPSA) is 52.9 Å². The molecule has 0 fully saturated rings. The van der Waals surface area contributed by atoms with Gasteiger partial charge in [0.2, 0.25) is 0 Å². The Bertz CT molecular complexity index is 112. The summed E-state index contributed by atoms with van der Waals surface area (Å²) >= 11 is -1.41. The van der Waals surface area contributed by atoms with Gasteiger partial charge in [0.25, 0.3) is 0 Å². The zero-order chi connectivity index (χ0) is 6.41. The van der Waals surface area contributed by atoms with Gasteiger partial charge in [-0.15, -0.1) is 0 Å². The molecule has 0 unspecified atom stereocenters. The molecule has 0 atom stereocenters. The van der Waals surface area contributed by atoms with Crippen LogP contribution in [-0.4, -0.2) is 11.3 Å². The molecule has 0 rings (SSSR count). The Hall–Kier alpha value is 0.0400. The van der Waals surface area contributed by atoms with Crippen molar-refractivity contribution in [3.05, 3.63) is 0 Å². The molecule has 0 aliphatic rings. The maximum atomic E-state index is 9.70. The number of thiocyanates is 1. The molecule has 0 spiro atoms. The third kappa shape index (κ3) is 4.21. The first-order valence-electron chi connectivity index (χ1n) is 1.67. The molecule has 0 bridgehead atoms. The molecule has 1 amide bonds. The van der Waals surface area contributed by atoms with Gasteiger partial charge < -0.3 is 0 Å². The molecule has 0 heterocycles. The molecular weight excluding hydrogens is 239 g/mol. The summed E-state index contributed by atoms with van der Waals surface area (Å²) in [5.41, 5.74) is 0. The van der Waals surface area contributed by atoms with Gasteiger partial charge >= 0.3 is 58.0 Å². The van der Waals surface area contributed by atoms with Crippen molar-refractivity contribution < 1.29 is 4.79 Å². The Morgan fingerprint density at radius 3 is 3.00 bits per heavy atom. The van der Waals surface area contributed by atoms with Crippen molar-refractivity contribution in [2.24, 2.45) is 0 Å². The molecule has 0 aliphatic carbocycles. The molecule has 3 nitrogen and oxygen atoms in total.